The molecule has 0 atom stereocenters. The van der Waals surface area contributed by atoms with Gasteiger partial charge in [0.15, 0.2) is 5.65 Å². The molecule has 0 spiro atoms. The van der Waals surface area contributed by atoms with Gasteiger partial charge < -0.3 is 0 Å². The molecule has 0 bridgehead atoms. The van der Waals surface area contributed by atoms with Gasteiger partial charge in [-0.15, -0.1) is 10.2 Å². The molecule has 0 saturated heterocycles. The minimum absolute atomic E-state index is 0.149. The van der Waals surface area contributed by atoms with Gasteiger partial charge in [-0.2, -0.15) is 0 Å². The van der Waals surface area contributed by atoms with Crippen LogP contribution in [-0.4, -0.2) is 14.6 Å². The summed E-state index contributed by atoms with van der Waals surface area (Å²) in [7, 11) is 0. The monoisotopic (exact) mass is 319 g/mol. The minimum atomic E-state index is -0.578. The summed E-state index contributed by atoms with van der Waals surface area (Å²) < 4.78 is 28.6. The van der Waals surface area contributed by atoms with Crippen molar-refractivity contribution < 1.29 is 8.78 Å². The largest absolute Gasteiger partial charge is 0.285 e. The Hall–Kier alpha value is -1.95. The first-order valence-electron chi connectivity index (χ1n) is 6.83. The predicted octanol–water partition coefficient (Wildman–Crippen LogP) is 4.46. The van der Waals surface area contributed by atoms with Gasteiger partial charge in [0.05, 0.1) is 0 Å². The third-order valence-electron chi connectivity index (χ3n) is 3.17. The smallest absolute Gasteiger partial charge is 0.160 e. The SMILES string of the molecule is CC(C)(C)c1nnc2ccc(Sc3ccc(F)cc3F)cn12. The molecule has 0 radical (unpaired) electrons. The summed E-state index contributed by atoms with van der Waals surface area (Å²) in [6, 6.07) is 7.27. The molecule has 0 aliphatic rings. The Morgan fingerprint density at radius 1 is 1.05 bits per heavy atom. The summed E-state index contributed by atoms with van der Waals surface area (Å²) in [5, 5.41) is 8.37. The third-order valence-corrected chi connectivity index (χ3v) is 4.20. The quantitative estimate of drug-likeness (QED) is 0.699. The minimum Gasteiger partial charge on any atom is -0.285 e. The van der Waals surface area contributed by atoms with Crippen molar-refractivity contribution in [3.8, 4) is 0 Å². The molecule has 3 aromatic rings. The van der Waals surface area contributed by atoms with Crippen LogP contribution in [0.3, 0.4) is 0 Å². The number of aromatic nitrogens is 3. The lowest BCUT2D eigenvalue weighted by Crippen LogP contribution is -2.15. The van der Waals surface area contributed by atoms with Gasteiger partial charge in [0, 0.05) is 27.5 Å². The highest BCUT2D eigenvalue weighted by molar-refractivity contribution is 7.99. The van der Waals surface area contributed by atoms with Crippen LogP contribution in [0.5, 0.6) is 0 Å². The molecule has 3 nitrogen and oxygen atoms in total. The van der Waals surface area contributed by atoms with Crippen LogP contribution in [0, 0.1) is 11.6 Å². The molecule has 22 heavy (non-hydrogen) atoms. The lowest BCUT2D eigenvalue weighted by molar-refractivity contribution is 0.538. The highest BCUT2D eigenvalue weighted by Gasteiger charge is 2.21. The zero-order chi connectivity index (χ0) is 15.9. The Labute approximate surface area is 131 Å². The van der Waals surface area contributed by atoms with Crippen LogP contribution in [0.2, 0.25) is 0 Å². The van der Waals surface area contributed by atoms with E-state index in [0.29, 0.717) is 4.90 Å². The van der Waals surface area contributed by atoms with E-state index in [9.17, 15) is 8.78 Å². The molecular weight excluding hydrogens is 304 g/mol. The van der Waals surface area contributed by atoms with Crippen LogP contribution >= 0.6 is 11.8 Å². The van der Waals surface area contributed by atoms with E-state index in [1.807, 2.05) is 22.7 Å². The summed E-state index contributed by atoms with van der Waals surface area (Å²) >= 11 is 1.24. The van der Waals surface area contributed by atoms with E-state index in [1.165, 1.54) is 23.9 Å². The third kappa shape index (κ3) is 2.83. The zero-order valence-electron chi connectivity index (χ0n) is 12.5. The van der Waals surface area contributed by atoms with E-state index < -0.39 is 11.6 Å². The number of fused-ring (bicyclic) bond motifs is 1. The maximum atomic E-state index is 13.8. The van der Waals surface area contributed by atoms with Crippen molar-refractivity contribution in [2.24, 2.45) is 0 Å². The Kier molecular flexibility index (Phi) is 3.64. The van der Waals surface area contributed by atoms with Gasteiger partial charge in [-0.3, -0.25) is 4.40 Å². The molecule has 0 aliphatic carbocycles. The van der Waals surface area contributed by atoms with Crippen LogP contribution < -0.4 is 0 Å². The number of rotatable bonds is 2. The Morgan fingerprint density at radius 3 is 2.50 bits per heavy atom. The van der Waals surface area contributed by atoms with Crippen LogP contribution in [0.4, 0.5) is 8.78 Å². The number of halogens is 2. The molecule has 1 aromatic carbocycles. The van der Waals surface area contributed by atoms with Crippen molar-refractivity contribution in [3.05, 3.63) is 54.0 Å². The van der Waals surface area contributed by atoms with Gasteiger partial charge in [-0.05, 0) is 24.3 Å². The second-order valence-corrected chi connectivity index (χ2v) is 7.16. The molecule has 2 aromatic heterocycles. The first-order chi connectivity index (χ1) is 10.3. The maximum Gasteiger partial charge on any atom is 0.160 e. The average molecular weight is 319 g/mol. The van der Waals surface area contributed by atoms with Gasteiger partial charge >= 0.3 is 0 Å². The topological polar surface area (TPSA) is 30.2 Å². The lowest BCUT2D eigenvalue weighted by Gasteiger charge is -2.16. The molecule has 0 aliphatic heterocycles. The van der Waals surface area contributed by atoms with Gasteiger partial charge in [0.1, 0.15) is 17.5 Å². The summed E-state index contributed by atoms with van der Waals surface area (Å²) in [6.45, 7) is 6.18. The summed E-state index contributed by atoms with van der Waals surface area (Å²) in [4.78, 5) is 1.22. The lowest BCUT2D eigenvalue weighted by atomic mass is 9.96. The summed E-state index contributed by atoms with van der Waals surface area (Å²) in [6.07, 6.45) is 1.88. The van der Waals surface area contributed by atoms with E-state index in [4.69, 9.17) is 0 Å². The fourth-order valence-electron chi connectivity index (χ4n) is 2.13. The molecule has 0 amide bonds. The highest BCUT2D eigenvalue weighted by Crippen LogP contribution is 2.31. The van der Waals surface area contributed by atoms with Crippen molar-refractivity contribution >= 4 is 17.4 Å². The van der Waals surface area contributed by atoms with E-state index >= 15 is 0 Å². The van der Waals surface area contributed by atoms with Crippen LogP contribution in [0.15, 0.2) is 46.3 Å². The second kappa shape index (κ2) is 5.35. The molecule has 6 heteroatoms. The average Bonchev–Trinajstić information content (AvgIpc) is 2.85. The van der Waals surface area contributed by atoms with Crippen molar-refractivity contribution in [2.45, 2.75) is 36.0 Å². The van der Waals surface area contributed by atoms with Gasteiger partial charge in [0.2, 0.25) is 0 Å². The van der Waals surface area contributed by atoms with Crippen LogP contribution in [0.25, 0.3) is 5.65 Å². The molecule has 0 saturated carbocycles. The van der Waals surface area contributed by atoms with Gasteiger partial charge in [-0.1, -0.05) is 32.5 Å². The number of pyridine rings is 1. The summed E-state index contributed by atoms with van der Waals surface area (Å²) in [5.41, 5.74) is 0.595. The van der Waals surface area contributed by atoms with Crippen molar-refractivity contribution in [2.75, 3.05) is 0 Å². The van der Waals surface area contributed by atoms with Crippen LogP contribution in [0.1, 0.15) is 26.6 Å². The summed E-state index contributed by atoms with van der Waals surface area (Å²) in [5.74, 6) is -0.305. The Bertz CT molecular complexity index is 837. The predicted molar refractivity (Wildman–Crippen MR) is 82.2 cm³/mol. The first-order valence-corrected chi connectivity index (χ1v) is 7.64. The fraction of sp³-hybridized carbons (Fsp3) is 0.250. The number of hydrogen-bond acceptors (Lipinski definition) is 3. The molecule has 0 unspecified atom stereocenters. The Morgan fingerprint density at radius 2 is 1.82 bits per heavy atom. The van der Waals surface area contributed by atoms with Gasteiger partial charge in [0.25, 0.3) is 0 Å². The standard InChI is InChI=1S/C16H15F2N3S/c1-16(2,3)15-20-19-14-7-5-11(9-21(14)15)22-13-6-4-10(17)8-12(13)18/h4-9H,1-3H3. The molecule has 0 fully saturated rings. The van der Waals surface area contributed by atoms with E-state index in [1.54, 1.807) is 0 Å². The van der Waals surface area contributed by atoms with Crippen molar-refractivity contribution in [1.82, 2.24) is 14.6 Å². The van der Waals surface area contributed by atoms with Crippen molar-refractivity contribution in [1.29, 1.82) is 0 Å². The molecule has 2 heterocycles. The second-order valence-electron chi connectivity index (χ2n) is 6.04. The maximum absolute atomic E-state index is 13.8. The molecule has 0 N–H and O–H groups in total. The number of nitrogens with zero attached hydrogens (tertiary/aromatic N) is 3. The van der Waals surface area contributed by atoms with Crippen LogP contribution in [-0.2, 0) is 5.41 Å². The highest BCUT2D eigenvalue weighted by atomic mass is 32.2. The molecular formula is C16H15F2N3S. The fourth-order valence-corrected chi connectivity index (χ4v) is 2.97. The number of benzene rings is 1. The molecule has 114 valence electrons. The van der Waals surface area contributed by atoms with Gasteiger partial charge in [-0.25, -0.2) is 8.78 Å². The Balaban J connectivity index is 2.01. The van der Waals surface area contributed by atoms with E-state index in [-0.39, 0.29) is 5.41 Å². The zero-order valence-corrected chi connectivity index (χ0v) is 13.3. The van der Waals surface area contributed by atoms with E-state index in [0.717, 1.165) is 22.4 Å². The molecule has 3 rings (SSSR count). The van der Waals surface area contributed by atoms with E-state index in [2.05, 4.69) is 31.0 Å². The first kappa shape index (κ1) is 15.0. The normalized spacial score (nSPS) is 12.0. The number of hydrogen-bond donors (Lipinski definition) is 0. The van der Waals surface area contributed by atoms with Crippen molar-refractivity contribution in [3.63, 3.8) is 0 Å².